The molecule has 0 aromatic carbocycles. The third-order valence-electron chi connectivity index (χ3n) is 2.66. The average Bonchev–Trinajstić information content (AvgIpc) is 2.47. The van der Waals surface area contributed by atoms with Crippen LogP contribution in [0, 0.1) is 0 Å². The normalized spacial score (nSPS) is 29.4. The van der Waals surface area contributed by atoms with Crippen LogP contribution in [-0.2, 0) is 0 Å². The number of nitrogens with zero attached hydrogens (tertiary/aromatic N) is 2. The number of pyridine rings is 1. The Hall–Kier alpha value is -0.930. The summed E-state index contributed by atoms with van der Waals surface area (Å²) in [5.74, 6) is 0.457. The number of aromatic nitrogens is 1. The van der Waals surface area contributed by atoms with Gasteiger partial charge in [-0.15, -0.1) is 0 Å². The summed E-state index contributed by atoms with van der Waals surface area (Å²) in [5.41, 5.74) is 7.30. The molecular formula is C10H15N3. The Labute approximate surface area is 78.6 Å². The van der Waals surface area contributed by atoms with Crippen molar-refractivity contribution in [1.29, 1.82) is 0 Å². The van der Waals surface area contributed by atoms with Crippen molar-refractivity contribution in [2.24, 2.45) is 5.73 Å². The molecule has 0 spiro atoms. The molecule has 2 heterocycles. The lowest BCUT2D eigenvalue weighted by Crippen LogP contribution is -2.27. The van der Waals surface area contributed by atoms with Gasteiger partial charge in [-0.25, -0.2) is 0 Å². The number of rotatable bonds is 1. The second-order valence-corrected chi connectivity index (χ2v) is 3.78. The van der Waals surface area contributed by atoms with Crippen LogP contribution in [0.5, 0.6) is 0 Å². The minimum absolute atomic E-state index is 0.259. The van der Waals surface area contributed by atoms with Gasteiger partial charge in [-0.2, -0.15) is 0 Å². The van der Waals surface area contributed by atoms with Crippen molar-refractivity contribution in [2.45, 2.75) is 12.0 Å². The summed E-state index contributed by atoms with van der Waals surface area (Å²) in [6.45, 7) is 2.03. The second-order valence-electron chi connectivity index (χ2n) is 3.78. The molecule has 3 nitrogen and oxygen atoms in total. The minimum atomic E-state index is 0.259. The van der Waals surface area contributed by atoms with Crippen molar-refractivity contribution in [3.8, 4) is 0 Å². The van der Waals surface area contributed by atoms with Crippen molar-refractivity contribution in [3.05, 3.63) is 30.1 Å². The minimum Gasteiger partial charge on any atom is -0.326 e. The molecule has 2 atom stereocenters. The topological polar surface area (TPSA) is 42.1 Å². The first kappa shape index (κ1) is 8.66. The zero-order valence-corrected chi connectivity index (χ0v) is 7.85. The van der Waals surface area contributed by atoms with Crippen LogP contribution in [0.1, 0.15) is 11.5 Å². The van der Waals surface area contributed by atoms with Crippen LogP contribution in [0.15, 0.2) is 24.5 Å². The molecular weight excluding hydrogens is 162 g/mol. The molecule has 1 aromatic rings. The van der Waals surface area contributed by atoms with Crippen molar-refractivity contribution >= 4 is 0 Å². The third kappa shape index (κ3) is 1.71. The molecule has 1 aromatic heterocycles. The highest BCUT2D eigenvalue weighted by atomic mass is 15.1. The van der Waals surface area contributed by atoms with E-state index in [0.29, 0.717) is 5.92 Å². The largest absolute Gasteiger partial charge is 0.326 e. The molecule has 0 amide bonds. The Bertz CT molecular complexity index is 273. The Kier molecular flexibility index (Phi) is 2.29. The van der Waals surface area contributed by atoms with E-state index in [4.69, 9.17) is 5.73 Å². The standard InChI is InChI=1S/C10H15N3/c1-13-6-9(10(11)7-13)8-3-2-4-12-5-8/h2-5,9-10H,6-7,11H2,1H3/t9-,10-/m1/s1. The van der Waals surface area contributed by atoms with Crippen LogP contribution in [0.4, 0.5) is 0 Å². The first-order valence-electron chi connectivity index (χ1n) is 4.61. The van der Waals surface area contributed by atoms with E-state index < -0.39 is 0 Å². The van der Waals surface area contributed by atoms with Gasteiger partial charge in [0.15, 0.2) is 0 Å². The van der Waals surface area contributed by atoms with Crippen LogP contribution in [0.2, 0.25) is 0 Å². The van der Waals surface area contributed by atoms with E-state index in [9.17, 15) is 0 Å². The van der Waals surface area contributed by atoms with Gasteiger partial charge in [0.1, 0.15) is 0 Å². The van der Waals surface area contributed by atoms with Gasteiger partial charge in [-0.3, -0.25) is 4.98 Å². The molecule has 0 aliphatic carbocycles. The molecule has 0 radical (unpaired) electrons. The Balaban J connectivity index is 2.18. The SMILES string of the molecule is CN1C[C@@H](N)[C@@H](c2cccnc2)C1. The van der Waals surface area contributed by atoms with E-state index in [0.717, 1.165) is 13.1 Å². The van der Waals surface area contributed by atoms with Gasteiger partial charge in [0.25, 0.3) is 0 Å². The second kappa shape index (κ2) is 3.44. The van der Waals surface area contributed by atoms with E-state index in [1.54, 1.807) is 6.20 Å². The molecule has 2 rings (SSSR count). The highest BCUT2D eigenvalue weighted by molar-refractivity contribution is 5.19. The van der Waals surface area contributed by atoms with Crippen LogP contribution in [0.3, 0.4) is 0 Å². The summed E-state index contributed by atoms with van der Waals surface area (Å²) in [6, 6.07) is 4.34. The Morgan fingerprint density at radius 1 is 1.54 bits per heavy atom. The smallest absolute Gasteiger partial charge is 0.0303 e. The summed E-state index contributed by atoms with van der Waals surface area (Å²) < 4.78 is 0. The van der Waals surface area contributed by atoms with Crippen molar-refractivity contribution in [3.63, 3.8) is 0 Å². The van der Waals surface area contributed by atoms with E-state index in [1.807, 2.05) is 12.3 Å². The highest BCUT2D eigenvalue weighted by Crippen LogP contribution is 2.24. The first-order valence-corrected chi connectivity index (χ1v) is 4.61. The molecule has 1 fully saturated rings. The van der Waals surface area contributed by atoms with E-state index >= 15 is 0 Å². The van der Waals surface area contributed by atoms with Gasteiger partial charge in [-0.1, -0.05) is 6.07 Å². The lowest BCUT2D eigenvalue weighted by molar-refractivity contribution is 0.407. The molecule has 0 unspecified atom stereocenters. The monoisotopic (exact) mass is 177 g/mol. The Morgan fingerprint density at radius 3 is 2.92 bits per heavy atom. The number of nitrogens with two attached hydrogens (primary N) is 1. The van der Waals surface area contributed by atoms with Gasteiger partial charge in [0.05, 0.1) is 0 Å². The predicted molar refractivity (Wildman–Crippen MR) is 52.5 cm³/mol. The maximum atomic E-state index is 6.03. The van der Waals surface area contributed by atoms with Gasteiger partial charge in [0.2, 0.25) is 0 Å². The van der Waals surface area contributed by atoms with Gasteiger partial charge in [-0.05, 0) is 18.7 Å². The molecule has 0 bridgehead atoms. The molecule has 70 valence electrons. The van der Waals surface area contributed by atoms with E-state index in [1.165, 1.54) is 5.56 Å². The highest BCUT2D eigenvalue weighted by Gasteiger charge is 2.28. The summed E-state index contributed by atoms with van der Waals surface area (Å²) in [7, 11) is 2.11. The summed E-state index contributed by atoms with van der Waals surface area (Å²) >= 11 is 0. The third-order valence-corrected chi connectivity index (χ3v) is 2.66. The maximum Gasteiger partial charge on any atom is 0.0303 e. The zero-order chi connectivity index (χ0) is 9.26. The van der Waals surface area contributed by atoms with Crippen LogP contribution < -0.4 is 5.73 Å². The summed E-state index contributed by atoms with van der Waals surface area (Å²) in [5, 5.41) is 0. The maximum absolute atomic E-state index is 6.03. The van der Waals surface area contributed by atoms with Crippen LogP contribution >= 0.6 is 0 Å². The lowest BCUT2D eigenvalue weighted by atomic mass is 9.97. The number of hydrogen-bond donors (Lipinski definition) is 1. The first-order chi connectivity index (χ1) is 6.27. The van der Waals surface area contributed by atoms with E-state index in [-0.39, 0.29) is 6.04 Å². The number of likely N-dealkylation sites (N-methyl/N-ethyl adjacent to an activating group) is 1. The fraction of sp³-hybridized carbons (Fsp3) is 0.500. The van der Waals surface area contributed by atoms with Crippen molar-refractivity contribution in [1.82, 2.24) is 9.88 Å². The summed E-state index contributed by atoms with van der Waals surface area (Å²) in [6.07, 6.45) is 3.72. The molecule has 13 heavy (non-hydrogen) atoms. The quantitative estimate of drug-likeness (QED) is 0.676. The van der Waals surface area contributed by atoms with Gasteiger partial charge < -0.3 is 10.6 Å². The fourth-order valence-electron chi connectivity index (χ4n) is 1.98. The molecule has 1 aliphatic heterocycles. The fourth-order valence-corrected chi connectivity index (χ4v) is 1.98. The van der Waals surface area contributed by atoms with Crippen molar-refractivity contribution < 1.29 is 0 Å². The summed E-state index contributed by atoms with van der Waals surface area (Å²) in [4.78, 5) is 6.38. The van der Waals surface area contributed by atoms with E-state index in [2.05, 4.69) is 23.0 Å². The molecule has 3 heteroatoms. The lowest BCUT2D eigenvalue weighted by Gasteiger charge is -2.13. The zero-order valence-electron chi connectivity index (χ0n) is 7.85. The number of likely N-dealkylation sites (tertiary alicyclic amines) is 1. The van der Waals surface area contributed by atoms with Gasteiger partial charge >= 0.3 is 0 Å². The van der Waals surface area contributed by atoms with Crippen LogP contribution in [-0.4, -0.2) is 36.1 Å². The molecule has 1 aliphatic rings. The molecule has 1 saturated heterocycles. The van der Waals surface area contributed by atoms with Gasteiger partial charge in [0, 0.05) is 37.4 Å². The average molecular weight is 177 g/mol. The van der Waals surface area contributed by atoms with Crippen molar-refractivity contribution in [2.75, 3.05) is 20.1 Å². The van der Waals surface area contributed by atoms with Crippen LogP contribution in [0.25, 0.3) is 0 Å². The molecule has 2 N–H and O–H groups in total. The predicted octanol–water partition coefficient (Wildman–Crippen LogP) is 0.438. The molecule has 0 saturated carbocycles. The Morgan fingerprint density at radius 2 is 2.38 bits per heavy atom. The number of hydrogen-bond acceptors (Lipinski definition) is 3.